The first-order valence-electron chi connectivity index (χ1n) is 7.23. The molecule has 0 fully saturated rings. The molecule has 2 aromatic rings. The van der Waals surface area contributed by atoms with Crippen LogP contribution in [-0.4, -0.2) is 22.2 Å². The number of aryl methyl sites for hydroxylation is 1. The number of pyridine rings is 1. The summed E-state index contributed by atoms with van der Waals surface area (Å²) < 4.78 is 0. The van der Waals surface area contributed by atoms with Crippen molar-refractivity contribution in [1.82, 2.24) is 4.98 Å². The van der Waals surface area contributed by atoms with Crippen molar-refractivity contribution in [2.75, 3.05) is 5.32 Å². The van der Waals surface area contributed by atoms with Crippen molar-refractivity contribution in [2.45, 2.75) is 25.9 Å². The van der Waals surface area contributed by atoms with E-state index >= 15 is 0 Å². The number of amides is 1. The molecule has 118 valence electrons. The van der Waals surface area contributed by atoms with Gasteiger partial charge in [0, 0.05) is 22.7 Å². The van der Waals surface area contributed by atoms with E-state index in [9.17, 15) is 4.79 Å². The highest BCUT2D eigenvalue weighted by Crippen LogP contribution is 2.30. The molecule has 6 heteroatoms. The highest BCUT2D eigenvalue weighted by molar-refractivity contribution is 6.34. The zero-order chi connectivity index (χ0) is 16.4. The van der Waals surface area contributed by atoms with E-state index in [2.05, 4.69) is 15.5 Å². The van der Waals surface area contributed by atoms with Crippen LogP contribution in [0.25, 0.3) is 0 Å². The molecule has 0 radical (unpaired) electrons. The molecule has 1 aliphatic rings. The molecule has 3 rings (SSSR count). The molecule has 1 N–H and O–H groups in total. The summed E-state index contributed by atoms with van der Waals surface area (Å²) in [6.07, 6.45) is 0.342. The summed E-state index contributed by atoms with van der Waals surface area (Å²) in [5, 5.41) is 7.40. The van der Waals surface area contributed by atoms with E-state index in [4.69, 9.17) is 16.4 Å². The van der Waals surface area contributed by atoms with Gasteiger partial charge in [0.1, 0.15) is 5.82 Å². The maximum Gasteiger partial charge on any atom is 0.272 e. The molecule has 2 heterocycles. The second-order valence-electron chi connectivity index (χ2n) is 5.64. The maximum absolute atomic E-state index is 12.5. The van der Waals surface area contributed by atoms with Crippen LogP contribution < -0.4 is 5.32 Å². The Bertz CT molecular complexity index is 791. The van der Waals surface area contributed by atoms with E-state index in [1.54, 1.807) is 19.1 Å². The smallest absolute Gasteiger partial charge is 0.272 e. The lowest BCUT2D eigenvalue weighted by Crippen LogP contribution is -2.40. The summed E-state index contributed by atoms with van der Waals surface area (Å²) in [5.41, 5.74) is 1.18. The third-order valence-electron chi connectivity index (χ3n) is 3.66. The largest absolute Gasteiger partial charge is 0.379 e. The summed E-state index contributed by atoms with van der Waals surface area (Å²) in [4.78, 5) is 22.2. The molecule has 0 unspecified atom stereocenters. The minimum Gasteiger partial charge on any atom is -0.379 e. The highest BCUT2D eigenvalue weighted by atomic mass is 35.5. The van der Waals surface area contributed by atoms with Gasteiger partial charge < -0.3 is 10.2 Å². The lowest BCUT2D eigenvalue weighted by atomic mass is 9.95. The van der Waals surface area contributed by atoms with Gasteiger partial charge in [0.05, 0.1) is 5.71 Å². The number of carbonyl (C=O) groups excluding carboxylic acids is 1. The van der Waals surface area contributed by atoms with E-state index in [1.807, 2.05) is 37.3 Å². The second-order valence-corrected chi connectivity index (χ2v) is 6.04. The van der Waals surface area contributed by atoms with Crippen molar-refractivity contribution in [3.05, 3.63) is 58.7 Å². The van der Waals surface area contributed by atoms with E-state index in [0.717, 1.165) is 11.3 Å². The Kier molecular flexibility index (Phi) is 4.05. The molecule has 1 aromatic heterocycles. The Labute approximate surface area is 139 Å². The van der Waals surface area contributed by atoms with Crippen LogP contribution in [0.2, 0.25) is 5.02 Å². The molecule has 0 spiro atoms. The molecule has 1 aliphatic heterocycles. The first kappa shape index (κ1) is 15.5. The molecular formula is C17H16ClN3O2. The van der Waals surface area contributed by atoms with Crippen LogP contribution >= 0.6 is 11.6 Å². The van der Waals surface area contributed by atoms with Crippen LogP contribution in [0.15, 0.2) is 47.6 Å². The lowest BCUT2D eigenvalue weighted by Gasteiger charge is -2.20. The lowest BCUT2D eigenvalue weighted by molar-refractivity contribution is -0.135. The zero-order valence-corrected chi connectivity index (χ0v) is 13.6. The number of rotatable bonds is 3. The zero-order valence-electron chi connectivity index (χ0n) is 12.8. The number of carbonyl (C=O) groups is 1. The fourth-order valence-corrected chi connectivity index (χ4v) is 2.61. The fraction of sp³-hybridized carbons (Fsp3) is 0.235. The molecule has 1 aromatic carbocycles. The Hall–Kier alpha value is -2.40. The van der Waals surface area contributed by atoms with Crippen molar-refractivity contribution in [1.29, 1.82) is 0 Å². The molecule has 1 amide bonds. The van der Waals surface area contributed by atoms with E-state index in [-0.39, 0.29) is 5.91 Å². The van der Waals surface area contributed by atoms with Crippen molar-refractivity contribution < 1.29 is 9.63 Å². The molecule has 5 nitrogen and oxygen atoms in total. The average Bonchev–Trinajstić information content (AvgIpc) is 2.91. The number of benzene rings is 1. The molecule has 1 atom stereocenters. The monoisotopic (exact) mass is 329 g/mol. The van der Waals surface area contributed by atoms with Gasteiger partial charge in [0.25, 0.3) is 5.91 Å². The Morgan fingerprint density at radius 1 is 1.26 bits per heavy atom. The van der Waals surface area contributed by atoms with Gasteiger partial charge in [-0.05, 0) is 32.0 Å². The number of halogens is 1. The molecule has 0 saturated heterocycles. The number of hydrogen-bond donors (Lipinski definition) is 1. The number of nitrogens with one attached hydrogen (secondary N) is 1. The predicted molar refractivity (Wildman–Crippen MR) is 89.7 cm³/mol. The van der Waals surface area contributed by atoms with E-state index in [1.165, 1.54) is 0 Å². The first-order valence-corrected chi connectivity index (χ1v) is 7.61. The normalized spacial score (nSPS) is 19.9. The van der Waals surface area contributed by atoms with Crippen LogP contribution in [0.5, 0.6) is 0 Å². The first-order chi connectivity index (χ1) is 11.0. The Morgan fingerprint density at radius 3 is 2.78 bits per heavy atom. The van der Waals surface area contributed by atoms with Crippen LogP contribution in [-0.2, 0) is 9.63 Å². The van der Waals surface area contributed by atoms with Gasteiger partial charge >= 0.3 is 0 Å². The average molecular weight is 330 g/mol. The van der Waals surface area contributed by atoms with Crippen molar-refractivity contribution in [3.8, 4) is 0 Å². The third kappa shape index (κ3) is 3.19. The van der Waals surface area contributed by atoms with Crippen LogP contribution in [0.4, 0.5) is 5.82 Å². The highest BCUT2D eigenvalue weighted by Gasteiger charge is 2.42. The SMILES string of the molecule is Cc1cccc(NC(=O)[C@]2(C)CC(c3ccccc3Cl)=NO2)n1. The molecule has 23 heavy (non-hydrogen) atoms. The van der Waals surface area contributed by atoms with Gasteiger partial charge in [-0.1, -0.05) is 41.0 Å². The van der Waals surface area contributed by atoms with Gasteiger partial charge in [-0.15, -0.1) is 0 Å². The number of anilines is 1. The minimum atomic E-state index is -1.08. The van der Waals surface area contributed by atoms with Crippen LogP contribution in [0.1, 0.15) is 24.6 Å². The number of hydrogen-bond acceptors (Lipinski definition) is 4. The Balaban J connectivity index is 1.74. The second kappa shape index (κ2) is 6.01. The summed E-state index contributed by atoms with van der Waals surface area (Å²) in [6, 6.07) is 12.8. The van der Waals surface area contributed by atoms with Gasteiger partial charge in [0.15, 0.2) is 0 Å². The van der Waals surface area contributed by atoms with E-state index < -0.39 is 5.60 Å². The Morgan fingerprint density at radius 2 is 2.04 bits per heavy atom. The standard InChI is InChI=1S/C17H16ClN3O2/c1-11-6-5-9-15(19-11)20-16(22)17(2)10-14(21-23-17)12-7-3-4-8-13(12)18/h3-9H,10H2,1-2H3,(H,19,20,22)/t17-/m0/s1. The molecule has 0 bridgehead atoms. The summed E-state index contributed by atoms with van der Waals surface area (Å²) in [6.45, 7) is 3.56. The number of nitrogens with zero attached hydrogens (tertiary/aromatic N) is 2. The van der Waals surface area contributed by atoms with Crippen molar-refractivity contribution >= 4 is 29.0 Å². The summed E-state index contributed by atoms with van der Waals surface area (Å²) >= 11 is 6.18. The van der Waals surface area contributed by atoms with Crippen molar-refractivity contribution in [3.63, 3.8) is 0 Å². The number of oxime groups is 1. The molecule has 0 saturated carbocycles. The van der Waals surface area contributed by atoms with Crippen LogP contribution in [0.3, 0.4) is 0 Å². The fourth-order valence-electron chi connectivity index (χ4n) is 2.36. The van der Waals surface area contributed by atoms with Gasteiger partial charge in [0.2, 0.25) is 5.60 Å². The molecular weight excluding hydrogens is 314 g/mol. The number of aromatic nitrogens is 1. The topological polar surface area (TPSA) is 63.6 Å². The third-order valence-corrected chi connectivity index (χ3v) is 3.99. The summed E-state index contributed by atoms with van der Waals surface area (Å²) in [5.74, 6) is 0.201. The van der Waals surface area contributed by atoms with E-state index in [0.29, 0.717) is 23.0 Å². The van der Waals surface area contributed by atoms with Gasteiger partial charge in [-0.25, -0.2) is 4.98 Å². The maximum atomic E-state index is 12.5. The minimum absolute atomic E-state index is 0.290. The van der Waals surface area contributed by atoms with Crippen LogP contribution in [0, 0.1) is 6.92 Å². The quantitative estimate of drug-likeness (QED) is 0.936. The molecule has 0 aliphatic carbocycles. The van der Waals surface area contributed by atoms with Gasteiger partial charge in [-0.3, -0.25) is 4.79 Å². The summed E-state index contributed by atoms with van der Waals surface area (Å²) in [7, 11) is 0. The predicted octanol–water partition coefficient (Wildman–Crippen LogP) is 3.57. The van der Waals surface area contributed by atoms with Gasteiger partial charge in [-0.2, -0.15) is 0 Å². The van der Waals surface area contributed by atoms with Crippen molar-refractivity contribution in [2.24, 2.45) is 5.16 Å².